The zero-order valence-electron chi connectivity index (χ0n) is 14.2. The molecule has 3 heterocycles. The van der Waals surface area contributed by atoms with Crippen molar-refractivity contribution in [3.63, 3.8) is 0 Å². The number of thiophene rings is 2. The van der Waals surface area contributed by atoms with E-state index >= 15 is 0 Å². The van der Waals surface area contributed by atoms with Crippen LogP contribution in [-0.4, -0.2) is 47.8 Å². The van der Waals surface area contributed by atoms with E-state index in [0.717, 1.165) is 11.3 Å². The van der Waals surface area contributed by atoms with Gasteiger partial charge in [0.1, 0.15) is 11.0 Å². The Kier molecular flexibility index (Phi) is 5.87. The first-order chi connectivity index (χ1) is 13.0. The molecule has 8 nitrogen and oxygen atoms in total. The van der Waals surface area contributed by atoms with Crippen molar-refractivity contribution in [1.29, 1.82) is 0 Å². The van der Waals surface area contributed by atoms with E-state index in [2.05, 4.69) is 5.32 Å². The smallest absolute Gasteiger partial charge is 0.329 e. The van der Waals surface area contributed by atoms with E-state index in [-0.39, 0.29) is 11.5 Å². The quantitative estimate of drug-likeness (QED) is 0.707. The Morgan fingerprint density at radius 2 is 2.04 bits per heavy atom. The number of hydrogen-bond donors (Lipinski definition) is 2. The Bertz CT molecular complexity index is 862. The van der Waals surface area contributed by atoms with Crippen molar-refractivity contribution in [3.8, 4) is 0 Å². The second-order valence-corrected chi connectivity index (χ2v) is 7.68. The molecule has 1 aliphatic rings. The number of amides is 3. The molecule has 10 heteroatoms. The van der Waals surface area contributed by atoms with Crippen LogP contribution in [0.5, 0.6) is 0 Å². The molecule has 0 bridgehead atoms. The fourth-order valence-electron chi connectivity index (χ4n) is 2.79. The van der Waals surface area contributed by atoms with Gasteiger partial charge in [0.2, 0.25) is 0 Å². The second-order valence-electron chi connectivity index (χ2n) is 5.82. The number of rotatable bonds is 6. The molecule has 0 saturated carbocycles. The first-order valence-electron chi connectivity index (χ1n) is 8.15. The van der Waals surface area contributed by atoms with Gasteiger partial charge < -0.3 is 20.7 Å². The van der Waals surface area contributed by atoms with Gasteiger partial charge in [-0.2, -0.15) is 0 Å². The molecule has 1 aliphatic heterocycles. The number of carbonyl (C=O) groups is 4. The number of nitrogens with two attached hydrogens (primary N) is 1. The number of anilines is 1. The average molecular weight is 407 g/mol. The summed E-state index contributed by atoms with van der Waals surface area (Å²) < 4.78 is 5.08. The van der Waals surface area contributed by atoms with Crippen molar-refractivity contribution in [2.24, 2.45) is 5.73 Å². The van der Waals surface area contributed by atoms with Gasteiger partial charge in [0.05, 0.1) is 10.4 Å². The van der Waals surface area contributed by atoms with Crippen LogP contribution in [0.1, 0.15) is 32.9 Å². The van der Waals surface area contributed by atoms with Crippen molar-refractivity contribution in [3.05, 3.63) is 39.4 Å². The molecule has 142 valence electrons. The number of carbonyl (C=O) groups excluding carboxylic acids is 4. The van der Waals surface area contributed by atoms with Gasteiger partial charge in [-0.25, -0.2) is 4.79 Å². The Labute approximate surface area is 162 Å². The molecule has 1 fully saturated rings. The average Bonchev–Trinajstić information content (AvgIpc) is 3.39. The minimum absolute atomic E-state index is 0.197. The monoisotopic (exact) mass is 407 g/mol. The summed E-state index contributed by atoms with van der Waals surface area (Å²) in [5, 5.41) is 6.22. The minimum Gasteiger partial charge on any atom is -0.454 e. The first-order valence-corrected chi connectivity index (χ1v) is 9.91. The maximum Gasteiger partial charge on any atom is 0.329 e. The molecule has 0 spiro atoms. The number of esters is 1. The van der Waals surface area contributed by atoms with Crippen LogP contribution in [0.15, 0.2) is 29.0 Å². The summed E-state index contributed by atoms with van der Waals surface area (Å²) in [4.78, 5) is 50.1. The Hall–Kier alpha value is -2.72. The van der Waals surface area contributed by atoms with E-state index in [1.165, 1.54) is 22.3 Å². The summed E-state index contributed by atoms with van der Waals surface area (Å²) in [6, 6.07) is 4.28. The molecule has 27 heavy (non-hydrogen) atoms. The van der Waals surface area contributed by atoms with Crippen molar-refractivity contribution in [1.82, 2.24) is 4.90 Å². The van der Waals surface area contributed by atoms with E-state index in [9.17, 15) is 19.2 Å². The largest absolute Gasteiger partial charge is 0.454 e. The molecule has 0 aromatic carbocycles. The molecule has 3 rings (SSSR count). The van der Waals surface area contributed by atoms with Gasteiger partial charge in [0.25, 0.3) is 17.7 Å². The van der Waals surface area contributed by atoms with Gasteiger partial charge in [0.15, 0.2) is 6.61 Å². The normalized spacial score (nSPS) is 16.1. The Morgan fingerprint density at radius 1 is 1.22 bits per heavy atom. The molecule has 2 aromatic heterocycles. The van der Waals surface area contributed by atoms with E-state index < -0.39 is 30.4 Å². The lowest BCUT2D eigenvalue weighted by Gasteiger charge is -2.22. The fourth-order valence-corrected chi connectivity index (χ4v) is 4.28. The van der Waals surface area contributed by atoms with Crippen molar-refractivity contribution < 1.29 is 23.9 Å². The minimum atomic E-state index is -0.699. The maximum atomic E-state index is 12.5. The zero-order chi connectivity index (χ0) is 19.4. The summed E-state index contributed by atoms with van der Waals surface area (Å²) >= 11 is 2.46. The summed E-state index contributed by atoms with van der Waals surface area (Å²) in [6.45, 7) is -0.0354. The fraction of sp³-hybridized carbons (Fsp3) is 0.294. The highest BCUT2D eigenvalue weighted by Gasteiger charge is 2.36. The third-order valence-electron chi connectivity index (χ3n) is 4.05. The lowest BCUT2D eigenvalue weighted by atomic mass is 10.2. The molecule has 1 saturated heterocycles. The molecule has 3 amide bonds. The maximum absolute atomic E-state index is 12.5. The highest BCUT2D eigenvalue weighted by atomic mass is 32.1. The van der Waals surface area contributed by atoms with E-state index in [0.29, 0.717) is 29.3 Å². The molecular formula is C17H17N3O5S2. The predicted molar refractivity (Wildman–Crippen MR) is 101 cm³/mol. The number of ether oxygens (including phenoxy) is 1. The lowest BCUT2D eigenvalue weighted by Crippen LogP contribution is -2.41. The van der Waals surface area contributed by atoms with Gasteiger partial charge in [-0.15, -0.1) is 22.7 Å². The van der Waals surface area contributed by atoms with Gasteiger partial charge in [-0.05, 0) is 35.7 Å². The van der Waals surface area contributed by atoms with Crippen LogP contribution in [0.3, 0.4) is 0 Å². The van der Waals surface area contributed by atoms with Gasteiger partial charge in [-0.1, -0.05) is 6.07 Å². The molecule has 0 radical (unpaired) electrons. The highest BCUT2D eigenvalue weighted by molar-refractivity contribution is 7.14. The topological polar surface area (TPSA) is 119 Å². The summed E-state index contributed by atoms with van der Waals surface area (Å²) in [5.41, 5.74) is 5.42. The van der Waals surface area contributed by atoms with Gasteiger partial charge >= 0.3 is 5.97 Å². The van der Waals surface area contributed by atoms with Crippen molar-refractivity contribution in [2.45, 2.75) is 18.9 Å². The van der Waals surface area contributed by atoms with Crippen LogP contribution in [-0.2, 0) is 14.3 Å². The number of nitrogens with one attached hydrogen (secondary N) is 1. The van der Waals surface area contributed by atoms with Crippen molar-refractivity contribution >= 4 is 51.4 Å². The Balaban J connectivity index is 1.55. The van der Waals surface area contributed by atoms with Crippen LogP contribution in [0.25, 0.3) is 0 Å². The number of primary amides is 1. The third-order valence-corrected chi connectivity index (χ3v) is 5.73. The summed E-state index contributed by atoms with van der Waals surface area (Å²) in [7, 11) is 0. The SMILES string of the molecule is NC(=O)c1ccsc1NC(=O)COC(=O)[C@@H]1CCCN1C(=O)c1cccs1. The number of likely N-dealkylation sites (tertiary alicyclic amines) is 1. The van der Waals surface area contributed by atoms with Crippen LogP contribution in [0.4, 0.5) is 5.00 Å². The van der Waals surface area contributed by atoms with E-state index in [4.69, 9.17) is 10.5 Å². The number of hydrogen-bond acceptors (Lipinski definition) is 7. The number of nitrogens with zero attached hydrogens (tertiary/aromatic N) is 1. The molecule has 3 N–H and O–H groups in total. The standard InChI is InChI=1S/C17H17N3O5S2/c18-14(22)10-5-8-27-15(10)19-13(21)9-25-17(24)11-3-1-6-20(11)16(23)12-4-2-7-26-12/h2,4-5,7-8,11H,1,3,6,9H2,(H2,18,22)(H,19,21)/t11-/m0/s1. The highest BCUT2D eigenvalue weighted by Crippen LogP contribution is 2.24. The predicted octanol–water partition coefficient (Wildman–Crippen LogP) is 1.69. The molecular weight excluding hydrogens is 390 g/mol. The first kappa shape index (κ1) is 19.1. The molecule has 0 unspecified atom stereocenters. The van der Waals surface area contributed by atoms with Crippen LogP contribution in [0, 0.1) is 0 Å². The van der Waals surface area contributed by atoms with E-state index in [1.807, 2.05) is 0 Å². The van der Waals surface area contributed by atoms with Gasteiger partial charge in [-0.3, -0.25) is 14.4 Å². The third kappa shape index (κ3) is 4.34. The molecule has 0 aliphatic carbocycles. The van der Waals surface area contributed by atoms with Crippen molar-refractivity contribution in [2.75, 3.05) is 18.5 Å². The summed E-state index contributed by atoms with van der Waals surface area (Å²) in [5.74, 6) is -2.06. The van der Waals surface area contributed by atoms with Gasteiger partial charge in [0, 0.05) is 6.54 Å². The summed E-state index contributed by atoms with van der Waals surface area (Å²) in [6.07, 6.45) is 1.19. The van der Waals surface area contributed by atoms with E-state index in [1.54, 1.807) is 22.9 Å². The molecule has 2 aromatic rings. The van der Waals surface area contributed by atoms with Crippen LogP contribution >= 0.6 is 22.7 Å². The van der Waals surface area contributed by atoms with Crippen LogP contribution < -0.4 is 11.1 Å². The zero-order valence-corrected chi connectivity index (χ0v) is 15.8. The second kappa shape index (κ2) is 8.31. The lowest BCUT2D eigenvalue weighted by molar-refractivity contribution is -0.151. The van der Waals surface area contributed by atoms with Crippen LogP contribution in [0.2, 0.25) is 0 Å². The Morgan fingerprint density at radius 3 is 2.74 bits per heavy atom. The molecule has 1 atom stereocenters.